The summed E-state index contributed by atoms with van der Waals surface area (Å²) in [5.41, 5.74) is 2.24. The van der Waals surface area contributed by atoms with Crippen molar-refractivity contribution in [2.45, 2.75) is 19.3 Å². The maximum absolute atomic E-state index is 12.5. The Bertz CT molecular complexity index is 546. The summed E-state index contributed by atoms with van der Waals surface area (Å²) in [5.74, 6) is 1.30. The van der Waals surface area contributed by atoms with E-state index in [0.29, 0.717) is 12.5 Å². The number of rotatable bonds is 2. The van der Waals surface area contributed by atoms with Crippen LogP contribution in [0.1, 0.15) is 24.8 Å². The van der Waals surface area contributed by atoms with E-state index in [1.807, 2.05) is 23.1 Å². The number of anilines is 1. The zero-order chi connectivity index (χ0) is 14.1. The number of para-hydroxylation sites is 1. The maximum atomic E-state index is 12.5. The summed E-state index contributed by atoms with van der Waals surface area (Å²) in [6.07, 6.45) is 0.978. The normalized spacial score (nSPS) is 22.1. The van der Waals surface area contributed by atoms with Crippen LogP contribution in [-0.2, 0) is 4.79 Å². The van der Waals surface area contributed by atoms with E-state index in [0.717, 1.165) is 24.4 Å². The summed E-state index contributed by atoms with van der Waals surface area (Å²) in [6, 6.07) is 8.08. The summed E-state index contributed by atoms with van der Waals surface area (Å²) in [5, 5.41) is 0.0250. The zero-order valence-corrected chi connectivity index (χ0v) is 12.4. The number of benzene rings is 1. The van der Waals surface area contributed by atoms with E-state index in [4.69, 9.17) is 0 Å². The predicted molar refractivity (Wildman–Crippen MR) is 81.3 cm³/mol. The summed E-state index contributed by atoms with van der Waals surface area (Å²) in [6.45, 7) is 3.82. The molecule has 0 saturated carbocycles. The Morgan fingerprint density at radius 2 is 2.15 bits per heavy atom. The third-order valence-corrected chi connectivity index (χ3v) is 4.91. The summed E-state index contributed by atoms with van der Waals surface area (Å²) in [7, 11) is 0. The van der Waals surface area contributed by atoms with Crippen molar-refractivity contribution >= 4 is 28.6 Å². The molecule has 0 aromatic heterocycles. The largest absolute Gasteiger partial charge is 0.323 e. The average Bonchev–Trinajstić information content (AvgIpc) is 2.85. The van der Waals surface area contributed by atoms with Crippen LogP contribution in [0, 0.1) is 0 Å². The Balaban J connectivity index is 1.79. The van der Waals surface area contributed by atoms with Crippen LogP contribution in [0.5, 0.6) is 0 Å². The van der Waals surface area contributed by atoms with E-state index in [-0.39, 0.29) is 17.7 Å². The van der Waals surface area contributed by atoms with E-state index in [1.54, 1.807) is 4.90 Å². The molecule has 1 aromatic carbocycles. The van der Waals surface area contributed by atoms with Gasteiger partial charge in [0.2, 0.25) is 5.91 Å². The SMILES string of the molecule is C[C@@H]1CCN(C(=O)CN2CCSC2=O)c2ccccc21. The summed E-state index contributed by atoms with van der Waals surface area (Å²) in [4.78, 5) is 27.6. The summed E-state index contributed by atoms with van der Waals surface area (Å²) >= 11 is 1.30. The standard InChI is InChI=1S/C15H18N2O2S/c1-11-6-7-17(13-5-3-2-4-12(11)13)14(18)10-16-8-9-20-15(16)19/h2-5,11H,6-10H2,1H3/t11-/m1/s1. The quantitative estimate of drug-likeness (QED) is 0.841. The first-order chi connectivity index (χ1) is 9.66. The number of thioether (sulfide) groups is 1. The molecular formula is C15H18N2O2S. The summed E-state index contributed by atoms with van der Waals surface area (Å²) < 4.78 is 0. The molecule has 1 aromatic rings. The topological polar surface area (TPSA) is 40.6 Å². The van der Waals surface area contributed by atoms with Gasteiger partial charge in [-0.15, -0.1) is 0 Å². The monoisotopic (exact) mass is 290 g/mol. The molecule has 1 saturated heterocycles. The molecule has 1 atom stereocenters. The highest BCUT2D eigenvalue weighted by Gasteiger charge is 2.29. The molecule has 2 heterocycles. The minimum absolute atomic E-state index is 0.0250. The molecule has 1 fully saturated rings. The molecule has 3 rings (SSSR count). The molecule has 4 nitrogen and oxygen atoms in total. The lowest BCUT2D eigenvalue weighted by molar-refractivity contribution is -0.119. The Labute approximate surface area is 123 Å². The van der Waals surface area contributed by atoms with E-state index >= 15 is 0 Å². The average molecular weight is 290 g/mol. The van der Waals surface area contributed by atoms with E-state index in [1.165, 1.54) is 17.3 Å². The van der Waals surface area contributed by atoms with E-state index in [9.17, 15) is 9.59 Å². The fourth-order valence-corrected chi connectivity index (χ4v) is 3.65. The van der Waals surface area contributed by atoms with Gasteiger partial charge in [0.1, 0.15) is 6.54 Å². The minimum Gasteiger partial charge on any atom is -0.323 e. The third kappa shape index (κ3) is 2.42. The molecule has 106 valence electrons. The van der Waals surface area contributed by atoms with Crippen molar-refractivity contribution in [1.29, 1.82) is 0 Å². The van der Waals surface area contributed by atoms with Gasteiger partial charge in [-0.3, -0.25) is 9.59 Å². The molecule has 0 N–H and O–H groups in total. The third-order valence-electron chi connectivity index (χ3n) is 4.02. The predicted octanol–water partition coefficient (Wildman–Crippen LogP) is 2.70. The fraction of sp³-hybridized carbons (Fsp3) is 0.467. The van der Waals surface area contributed by atoms with Crippen LogP contribution >= 0.6 is 11.8 Å². The van der Waals surface area contributed by atoms with Crippen molar-refractivity contribution < 1.29 is 9.59 Å². The number of hydrogen-bond donors (Lipinski definition) is 0. The van der Waals surface area contributed by atoms with Gasteiger partial charge in [-0.25, -0.2) is 0 Å². The molecule has 2 amide bonds. The highest BCUT2D eigenvalue weighted by atomic mass is 32.2. The highest BCUT2D eigenvalue weighted by Crippen LogP contribution is 2.34. The second kappa shape index (κ2) is 5.48. The smallest absolute Gasteiger partial charge is 0.282 e. The highest BCUT2D eigenvalue weighted by molar-refractivity contribution is 8.13. The van der Waals surface area contributed by atoms with Gasteiger partial charge in [-0.05, 0) is 24.0 Å². The van der Waals surface area contributed by atoms with Crippen molar-refractivity contribution in [3.8, 4) is 0 Å². The van der Waals surface area contributed by atoms with Crippen LogP contribution < -0.4 is 4.90 Å². The van der Waals surface area contributed by atoms with Gasteiger partial charge in [0.25, 0.3) is 5.24 Å². The van der Waals surface area contributed by atoms with Gasteiger partial charge in [-0.1, -0.05) is 36.9 Å². The number of nitrogens with zero attached hydrogens (tertiary/aromatic N) is 2. The molecular weight excluding hydrogens is 272 g/mol. The van der Waals surface area contributed by atoms with Crippen LogP contribution in [0.4, 0.5) is 10.5 Å². The number of amides is 2. The lowest BCUT2D eigenvalue weighted by Crippen LogP contribution is -2.43. The van der Waals surface area contributed by atoms with Crippen molar-refractivity contribution in [3.63, 3.8) is 0 Å². The van der Waals surface area contributed by atoms with Crippen molar-refractivity contribution in [1.82, 2.24) is 4.90 Å². The first-order valence-electron chi connectivity index (χ1n) is 6.98. The number of fused-ring (bicyclic) bond motifs is 1. The van der Waals surface area contributed by atoms with Crippen LogP contribution in [0.3, 0.4) is 0 Å². The zero-order valence-electron chi connectivity index (χ0n) is 11.5. The Kier molecular flexibility index (Phi) is 3.70. The number of carbonyl (C=O) groups is 2. The molecule has 0 radical (unpaired) electrons. The van der Waals surface area contributed by atoms with Gasteiger partial charge in [0, 0.05) is 24.5 Å². The molecule has 0 spiro atoms. The Hall–Kier alpha value is -1.49. The van der Waals surface area contributed by atoms with Gasteiger partial charge in [0.05, 0.1) is 0 Å². The Morgan fingerprint density at radius 1 is 1.35 bits per heavy atom. The second-order valence-corrected chi connectivity index (χ2v) is 6.38. The molecule has 0 bridgehead atoms. The second-order valence-electron chi connectivity index (χ2n) is 5.33. The van der Waals surface area contributed by atoms with Crippen molar-refractivity contribution in [3.05, 3.63) is 29.8 Å². The first-order valence-corrected chi connectivity index (χ1v) is 7.96. The lowest BCUT2D eigenvalue weighted by Gasteiger charge is -2.33. The van der Waals surface area contributed by atoms with Gasteiger partial charge < -0.3 is 9.80 Å². The van der Waals surface area contributed by atoms with E-state index < -0.39 is 0 Å². The van der Waals surface area contributed by atoms with Gasteiger partial charge >= 0.3 is 0 Å². The fourth-order valence-electron chi connectivity index (χ4n) is 2.83. The number of carbonyl (C=O) groups excluding carboxylic acids is 2. The minimum atomic E-state index is 0.0250. The Morgan fingerprint density at radius 3 is 2.90 bits per heavy atom. The molecule has 0 aliphatic carbocycles. The van der Waals surface area contributed by atoms with Crippen molar-refractivity contribution in [2.24, 2.45) is 0 Å². The van der Waals surface area contributed by atoms with Crippen LogP contribution in [0.25, 0.3) is 0 Å². The van der Waals surface area contributed by atoms with Crippen molar-refractivity contribution in [2.75, 3.05) is 30.3 Å². The maximum Gasteiger partial charge on any atom is 0.282 e. The van der Waals surface area contributed by atoms with E-state index in [2.05, 4.69) is 13.0 Å². The first kappa shape index (κ1) is 13.5. The molecule has 2 aliphatic rings. The molecule has 5 heteroatoms. The molecule has 2 aliphatic heterocycles. The van der Waals surface area contributed by atoms with Crippen LogP contribution in [0.15, 0.2) is 24.3 Å². The van der Waals surface area contributed by atoms with Crippen LogP contribution in [-0.4, -0.2) is 41.4 Å². The molecule has 0 unspecified atom stereocenters. The van der Waals surface area contributed by atoms with Gasteiger partial charge in [0.15, 0.2) is 0 Å². The van der Waals surface area contributed by atoms with Gasteiger partial charge in [-0.2, -0.15) is 0 Å². The van der Waals surface area contributed by atoms with Crippen LogP contribution in [0.2, 0.25) is 0 Å². The lowest BCUT2D eigenvalue weighted by atomic mass is 9.91. The number of hydrogen-bond acceptors (Lipinski definition) is 3. The molecule has 20 heavy (non-hydrogen) atoms.